The molecule has 0 spiro atoms. The lowest BCUT2D eigenvalue weighted by molar-refractivity contribution is 0.0603. The molecule has 0 N–H and O–H groups in total. The Morgan fingerprint density at radius 3 is 2.80 bits per heavy atom. The molecule has 176 valence electrons. The molecule has 1 aliphatic rings. The molecule has 0 radical (unpaired) electrons. The first-order valence-corrected chi connectivity index (χ1v) is 12.0. The van der Waals surface area contributed by atoms with Crippen molar-refractivity contribution >= 4 is 37.6 Å². The number of methoxy groups -OCH3 is 2. The number of thiophene rings is 1. The zero-order valence-electron chi connectivity index (χ0n) is 19.1. The smallest absolute Gasteiger partial charge is 0.339 e. The predicted molar refractivity (Wildman–Crippen MR) is 132 cm³/mol. The molecule has 0 saturated heterocycles. The minimum Gasteiger partial charge on any atom is -0.497 e. The second kappa shape index (κ2) is 8.35. The van der Waals surface area contributed by atoms with Crippen LogP contribution in [0.5, 0.6) is 5.75 Å². The average molecular weight is 488 g/mol. The van der Waals surface area contributed by atoms with Crippen LogP contribution in [0.15, 0.2) is 58.2 Å². The Hall–Kier alpha value is -3.98. The van der Waals surface area contributed by atoms with Crippen LogP contribution in [0, 0.1) is 0 Å². The Morgan fingerprint density at radius 1 is 1.23 bits per heavy atom. The van der Waals surface area contributed by atoms with Gasteiger partial charge in [-0.15, -0.1) is 11.3 Å². The van der Waals surface area contributed by atoms with E-state index in [1.807, 2.05) is 24.3 Å². The molecule has 1 aliphatic carbocycles. The number of carbonyl (C=O) groups excluding carboxylic acids is 1. The number of nitrogens with zero attached hydrogens (tertiary/aromatic N) is 3. The Kier molecular flexibility index (Phi) is 5.14. The zero-order chi connectivity index (χ0) is 24.1. The Labute approximate surface area is 203 Å². The van der Waals surface area contributed by atoms with E-state index < -0.39 is 5.97 Å². The summed E-state index contributed by atoms with van der Waals surface area (Å²) in [6, 6.07) is 11.2. The fraction of sp³-hybridized carbons (Fsp3) is 0.231. The maximum Gasteiger partial charge on any atom is 0.339 e. The van der Waals surface area contributed by atoms with Crippen LogP contribution >= 0.6 is 11.3 Å². The largest absolute Gasteiger partial charge is 0.497 e. The van der Waals surface area contributed by atoms with E-state index in [2.05, 4.69) is 4.98 Å². The molecular weight excluding hydrogens is 466 g/mol. The number of aromatic nitrogens is 3. The molecule has 8 nitrogen and oxygen atoms in total. The molecule has 0 atom stereocenters. The van der Waals surface area contributed by atoms with Crippen LogP contribution in [0.3, 0.4) is 0 Å². The summed E-state index contributed by atoms with van der Waals surface area (Å²) >= 11 is 1.32. The summed E-state index contributed by atoms with van der Waals surface area (Å²) in [7, 11) is 2.99. The highest BCUT2D eigenvalue weighted by molar-refractivity contribution is 7.25. The maximum absolute atomic E-state index is 14.0. The summed E-state index contributed by atoms with van der Waals surface area (Å²) in [6.45, 7) is 0.182. The zero-order valence-corrected chi connectivity index (χ0v) is 19.9. The van der Waals surface area contributed by atoms with Gasteiger partial charge in [0.05, 0.1) is 42.6 Å². The van der Waals surface area contributed by atoms with Crippen molar-refractivity contribution in [1.82, 2.24) is 14.5 Å². The molecule has 5 aromatic rings. The lowest BCUT2D eigenvalue weighted by Crippen LogP contribution is -2.24. The number of fused-ring (bicyclic) bond motifs is 3. The second-order valence-electron chi connectivity index (χ2n) is 8.48. The van der Waals surface area contributed by atoms with Gasteiger partial charge in [-0.05, 0) is 48.6 Å². The standard InChI is InChI=1S/C26H21N3O5S/c1-32-15-8-9-17(20(10-15)14-6-7-14)23-28-24-21(25(30)29(23)12-16-11-27-13-34-16)18-4-3-5-19(22(18)35-24)26(31)33-2/h3-5,8-11,13-14H,6-7,12H2,1-2H3. The molecule has 2 aromatic carbocycles. The van der Waals surface area contributed by atoms with E-state index in [0.717, 1.165) is 29.7 Å². The van der Waals surface area contributed by atoms with Crippen LogP contribution < -0.4 is 10.3 Å². The van der Waals surface area contributed by atoms with Gasteiger partial charge >= 0.3 is 5.97 Å². The summed E-state index contributed by atoms with van der Waals surface area (Å²) in [6.07, 6.45) is 5.11. The highest BCUT2D eigenvalue weighted by atomic mass is 32.1. The monoisotopic (exact) mass is 487 g/mol. The molecule has 0 unspecified atom stereocenters. The number of hydrogen-bond donors (Lipinski definition) is 0. The molecule has 0 amide bonds. The molecule has 6 rings (SSSR count). The Bertz CT molecular complexity index is 1650. The highest BCUT2D eigenvalue weighted by Crippen LogP contribution is 2.46. The fourth-order valence-corrected chi connectivity index (χ4v) is 5.65. The Balaban J connectivity index is 1.67. The van der Waals surface area contributed by atoms with Crippen LogP contribution in [0.2, 0.25) is 0 Å². The third kappa shape index (κ3) is 3.59. The first-order valence-electron chi connectivity index (χ1n) is 11.2. The second-order valence-corrected chi connectivity index (χ2v) is 9.48. The first-order chi connectivity index (χ1) is 17.1. The molecule has 1 saturated carbocycles. The van der Waals surface area contributed by atoms with Crippen LogP contribution in [0.1, 0.15) is 40.4 Å². The molecule has 3 aromatic heterocycles. The number of rotatable bonds is 6. The topological polar surface area (TPSA) is 96.5 Å². The van der Waals surface area contributed by atoms with Crippen LogP contribution in [0.25, 0.3) is 31.7 Å². The SMILES string of the molecule is COC(=O)c1cccc2c1sc1nc(-c3ccc(OC)cc3C3CC3)n(Cc3cnco3)c(=O)c12. The van der Waals surface area contributed by atoms with E-state index in [1.165, 1.54) is 24.8 Å². The van der Waals surface area contributed by atoms with Crippen molar-refractivity contribution in [2.75, 3.05) is 14.2 Å². The van der Waals surface area contributed by atoms with E-state index in [-0.39, 0.29) is 12.1 Å². The number of esters is 1. The fourth-order valence-electron chi connectivity index (χ4n) is 4.48. The van der Waals surface area contributed by atoms with Crippen molar-refractivity contribution in [1.29, 1.82) is 0 Å². The number of oxazole rings is 1. The number of ether oxygens (including phenoxy) is 2. The highest BCUT2D eigenvalue weighted by Gasteiger charge is 2.29. The summed E-state index contributed by atoms with van der Waals surface area (Å²) in [5, 5.41) is 1.15. The van der Waals surface area contributed by atoms with Crippen LogP contribution in [-0.4, -0.2) is 34.7 Å². The van der Waals surface area contributed by atoms with Gasteiger partial charge in [-0.3, -0.25) is 9.36 Å². The van der Waals surface area contributed by atoms with E-state index in [9.17, 15) is 9.59 Å². The van der Waals surface area contributed by atoms with Gasteiger partial charge in [0.1, 0.15) is 22.2 Å². The molecule has 0 bridgehead atoms. The number of benzene rings is 2. The summed E-state index contributed by atoms with van der Waals surface area (Å²) in [4.78, 5) is 36.0. The van der Waals surface area contributed by atoms with Crippen LogP contribution in [-0.2, 0) is 11.3 Å². The minimum absolute atomic E-state index is 0.182. The quantitative estimate of drug-likeness (QED) is 0.311. The van der Waals surface area contributed by atoms with Crippen molar-refractivity contribution in [3.63, 3.8) is 0 Å². The summed E-state index contributed by atoms with van der Waals surface area (Å²) < 4.78 is 18.2. The number of hydrogen-bond acceptors (Lipinski definition) is 8. The lowest BCUT2D eigenvalue weighted by atomic mass is 10.0. The van der Waals surface area contributed by atoms with E-state index >= 15 is 0 Å². The van der Waals surface area contributed by atoms with Gasteiger partial charge in [-0.25, -0.2) is 14.8 Å². The minimum atomic E-state index is -0.449. The summed E-state index contributed by atoms with van der Waals surface area (Å²) in [5.41, 5.74) is 2.21. The molecule has 0 aliphatic heterocycles. The number of carbonyl (C=O) groups is 1. The van der Waals surface area contributed by atoms with Crippen molar-refractivity contribution in [3.05, 3.63) is 76.2 Å². The molecule has 1 fully saturated rings. The van der Waals surface area contributed by atoms with E-state index in [4.69, 9.17) is 18.9 Å². The van der Waals surface area contributed by atoms with Gasteiger partial charge in [0.2, 0.25) is 0 Å². The van der Waals surface area contributed by atoms with Gasteiger partial charge in [-0.2, -0.15) is 0 Å². The maximum atomic E-state index is 14.0. The van der Waals surface area contributed by atoms with Crippen molar-refractivity contribution in [2.45, 2.75) is 25.3 Å². The van der Waals surface area contributed by atoms with Gasteiger partial charge in [0, 0.05) is 10.9 Å². The first kappa shape index (κ1) is 21.5. The van der Waals surface area contributed by atoms with Crippen molar-refractivity contribution in [3.8, 4) is 17.1 Å². The normalized spacial score (nSPS) is 13.4. The molecule has 9 heteroatoms. The van der Waals surface area contributed by atoms with E-state index in [1.54, 1.807) is 30.0 Å². The van der Waals surface area contributed by atoms with Crippen molar-refractivity contribution < 1.29 is 18.7 Å². The lowest BCUT2D eigenvalue weighted by Gasteiger charge is -2.15. The van der Waals surface area contributed by atoms with Crippen LogP contribution in [0.4, 0.5) is 0 Å². The van der Waals surface area contributed by atoms with Gasteiger partial charge in [-0.1, -0.05) is 12.1 Å². The third-order valence-corrected chi connectivity index (χ3v) is 7.47. The van der Waals surface area contributed by atoms with Gasteiger partial charge in [0.15, 0.2) is 6.39 Å². The van der Waals surface area contributed by atoms with Gasteiger partial charge < -0.3 is 13.9 Å². The van der Waals surface area contributed by atoms with E-state index in [0.29, 0.717) is 43.4 Å². The molecule has 3 heterocycles. The third-order valence-electron chi connectivity index (χ3n) is 6.34. The Morgan fingerprint density at radius 2 is 2.09 bits per heavy atom. The molecular formula is C26H21N3O5S. The van der Waals surface area contributed by atoms with Crippen molar-refractivity contribution in [2.24, 2.45) is 0 Å². The predicted octanol–water partition coefficient (Wildman–Crippen LogP) is 4.99. The van der Waals surface area contributed by atoms with Gasteiger partial charge in [0.25, 0.3) is 5.56 Å². The average Bonchev–Trinajstić information content (AvgIpc) is 3.47. The summed E-state index contributed by atoms with van der Waals surface area (Å²) in [5.74, 6) is 1.82. The molecule has 35 heavy (non-hydrogen) atoms.